The van der Waals surface area contributed by atoms with E-state index in [4.69, 9.17) is 4.42 Å². The zero-order chi connectivity index (χ0) is 13.9. The lowest BCUT2D eigenvalue weighted by atomic mass is 9.97. The largest absolute Gasteiger partial charge is 0.469 e. The first-order chi connectivity index (χ1) is 9.79. The molecular weight excluding hydrogens is 248 g/mol. The van der Waals surface area contributed by atoms with E-state index in [1.807, 2.05) is 31.2 Å². The fraction of sp³-hybridized carbons (Fsp3) is 0.167. The lowest BCUT2D eigenvalue weighted by Gasteiger charge is -2.06. The Balaban J connectivity index is 1.96. The molecule has 0 N–H and O–H groups in total. The molecule has 0 saturated carbocycles. The number of carbonyl (C=O) groups excluding carboxylic acids is 1. The molecule has 3 aromatic rings. The summed E-state index contributed by atoms with van der Waals surface area (Å²) in [5, 5.41) is 2.31. The van der Waals surface area contributed by atoms with Crippen LogP contribution in [0.5, 0.6) is 0 Å². The van der Waals surface area contributed by atoms with Gasteiger partial charge in [0.05, 0.1) is 11.8 Å². The first-order valence-electron chi connectivity index (χ1n) is 6.86. The van der Waals surface area contributed by atoms with Gasteiger partial charge in [-0.05, 0) is 22.4 Å². The third kappa shape index (κ3) is 2.25. The van der Waals surface area contributed by atoms with Crippen molar-refractivity contribution in [3.8, 4) is 0 Å². The van der Waals surface area contributed by atoms with Gasteiger partial charge in [-0.3, -0.25) is 4.79 Å². The standard InChI is InChI=1S/C18H16O2/c1-2-18-16(10-11-20-18)17(19)12-14-8-5-7-13-6-3-4-9-15(13)14/h3-11H,2,12H2,1H3. The van der Waals surface area contributed by atoms with Crippen molar-refractivity contribution in [3.63, 3.8) is 0 Å². The third-order valence-electron chi connectivity index (χ3n) is 3.60. The van der Waals surface area contributed by atoms with Gasteiger partial charge >= 0.3 is 0 Å². The van der Waals surface area contributed by atoms with Gasteiger partial charge < -0.3 is 4.42 Å². The minimum atomic E-state index is 0.118. The van der Waals surface area contributed by atoms with E-state index in [1.165, 1.54) is 5.39 Å². The van der Waals surface area contributed by atoms with Crippen molar-refractivity contribution in [2.24, 2.45) is 0 Å². The molecule has 0 aliphatic heterocycles. The maximum Gasteiger partial charge on any atom is 0.170 e. The number of fused-ring (bicyclic) bond motifs is 1. The SMILES string of the molecule is CCc1occc1C(=O)Cc1cccc2ccccc12. The van der Waals surface area contributed by atoms with Gasteiger partial charge in [0.15, 0.2) is 5.78 Å². The van der Waals surface area contributed by atoms with Gasteiger partial charge in [0, 0.05) is 12.8 Å². The molecule has 0 aliphatic rings. The Kier molecular flexibility index (Phi) is 3.38. The zero-order valence-corrected chi connectivity index (χ0v) is 11.4. The Bertz CT molecular complexity index is 747. The predicted octanol–water partition coefficient (Wildman–Crippen LogP) is 4.42. The summed E-state index contributed by atoms with van der Waals surface area (Å²) in [7, 11) is 0. The van der Waals surface area contributed by atoms with E-state index in [0.29, 0.717) is 12.0 Å². The summed E-state index contributed by atoms with van der Waals surface area (Å²) in [6.07, 6.45) is 2.74. The highest BCUT2D eigenvalue weighted by molar-refractivity contribution is 6.00. The molecule has 3 rings (SSSR count). The topological polar surface area (TPSA) is 30.2 Å². The first-order valence-corrected chi connectivity index (χ1v) is 6.86. The van der Waals surface area contributed by atoms with E-state index in [2.05, 4.69) is 18.2 Å². The molecule has 0 bridgehead atoms. The number of carbonyl (C=O) groups is 1. The zero-order valence-electron chi connectivity index (χ0n) is 11.4. The molecule has 2 aromatic carbocycles. The Labute approximate surface area is 118 Å². The number of hydrogen-bond donors (Lipinski definition) is 0. The molecule has 0 fully saturated rings. The average Bonchev–Trinajstić information content (AvgIpc) is 2.96. The van der Waals surface area contributed by atoms with Crippen molar-refractivity contribution in [1.29, 1.82) is 0 Å². The van der Waals surface area contributed by atoms with Crippen LogP contribution in [-0.4, -0.2) is 5.78 Å². The van der Waals surface area contributed by atoms with E-state index in [-0.39, 0.29) is 5.78 Å². The minimum Gasteiger partial charge on any atom is -0.469 e. The maximum atomic E-state index is 12.4. The number of furan rings is 1. The van der Waals surface area contributed by atoms with E-state index in [1.54, 1.807) is 12.3 Å². The van der Waals surface area contributed by atoms with Crippen LogP contribution in [0.2, 0.25) is 0 Å². The van der Waals surface area contributed by atoms with Crippen LogP contribution in [0.3, 0.4) is 0 Å². The van der Waals surface area contributed by atoms with Crippen molar-refractivity contribution < 1.29 is 9.21 Å². The smallest absolute Gasteiger partial charge is 0.170 e. The molecule has 0 amide bonds. The van der Waals surface area contributed by atoms with E-state index < -0.39 is 0 Å². The maximum absolute atomic E-state index is 12.4. The molecule has 0 saturated heterocycles. The summed E-state index contributed by atoms with van der Waals surface area (Å²) in [5.41, 5.74) is 1.77. The first kappa shape index (κ1) is 12.7. The van der Waals surface area contributed by atoms with Crippen LogP contribution in [0.25, 0.3) is 10.8 Å². The molecule has 2 nitrogen and oxygen atoms in total. The predicted molar refractivity (Wildman–Crippen MR) is 80.1 cm³/mol. The van der Waals surface area contributed by atoms with Crippen molar-refractivity contribution in [2.45, 2.75) is 19.8 Å². The number of rotatable bonds is 4. The molecule has 1 aromatic heterocycles. The highest BCUT2D eigenvalue weighted by atomic mass is 16.3. The van der Waals surface area contributed by atoms with Gasteiger partial charge in [-0.2, -0.15) is 0 Å². The van der Waals surface area contributed by atoms with Gasteiger partial charge in [0.2, 0.25) is 0 Å². The van der Waals surface area contributed by atoms with Crippen LogP contribution in [0, 0.1) is 0 Å². The molecule has 2 heteroatoms. The van der Waals surface area contributed by atoms with Crippen molar-refractivity contribution >= 4 is 16.6 Å². The van der Waals surface area contributed by atoms with Gasteiger partial charge in [-0.25, -0.2) is 0 Å². The van der Waals surface area contributed by atoms with Crippen LogP contribution in [0.1, 0.15) is 28.6 Å². The normalized spacial score (nSPS) is 10.8. The Hall–Kier alpha value is -2.35. The van der Waals surface area contributed by atoms with E-state index >= 15 is 0 Å². The summed E-state index contributed by atoms with van der Waals surface area (Å²) in [5.74, 6) is 0.891. The van der Waals surface area contributed by atoms with Crippen molar-refractivity contribution in [1.82, 2.24) is 0 Å². The van der Waals surface area contributed by atoms with Gasteiger partial charge in [-0.1, -0.05) is 49.4 Å². The van der Waals surface area contributed by atoms with Crippen molar-refractivity contribution in [2.75, 3.05) is 0 Å². The molecule has 0 aliphatic carbocycles. The number of Topliss-reactive ketones (excluding diaryl/α,β-unsaturated/α-hetero) is 1. The molecule has 1 heterocycles. The molecular formula is C18H16O2. The molecule has 100 valence electrons. The Morgan fingerprint density at radius 2 is 1.85 bits per heavy atom. The second-order valence-corrected chi connectivity index (χ2v) is 4.85. The number of benzene rings is 2. The second-order valence-electron chi connectivity index (χ2n) is 4.85. The highest BCUT2D eigenvalue weighted by Crippen LogP contribution is 2.21. The summed E-state index contributed by atoms with van der Waals surface area (Å²) < 4.78 is 5.34. The van der Waals surface area contributed by atoms with Crippen LogP contribution in [-0.2, 0) is 12.8 Å². The summed E-state index contributed by atoms with van der Waals surface area (Å²) in [6.45, 7) is 1.99. The third-order valence-corrected chi connectivity index (χ3v) is 3.60. The minimum absolute atomic E-state index is 0.118. The summed E-state index contributed by atoms with van der Waals surface area (Å²) in [4.78, 5) is 12.4. The molecule has 0 spiro atoms. The quantitative estimate of drug-likeness (QED) is 0.653. The molecule has 20 heavy (non-hydrogen) atoms. The Morgan fingerprint density at radius 3 is 2.70 bits per heavy atom. The van der Waals surface area contributed by atoms with E-state index in [9.17, 15) is 4.79 Å². The molecule has 0 atom stereocenters. The average molecular weight is 264 g/mol. The number of hydrogen-bond acceptors (Lipinski definition) is 2. The number of aryl methyl sites for hydroxylation is 1. The van der Waals surface area contributed by atoms with Gasteiger partial charge in [0.25, 0.3) is 0 Å². The lowest BCUT2D eigenvalue weighted by molar-refractivity contribution is 0.0991. The van der Waals surface area contributed by atoms with Crippen LogP contribution >= 0.6 is 0 Å². The lowest BCUT2D eigenvalue weighted by Crippen LogP contribution is -2.05. The summed E-state index contributed by atoms with van der Waals surface area (Å²) >= 11 is 0. The van der Waals surface area contributed by atoms with Gasteiger partial charge in [-0.15, -0.1) is 0 Å². The van der Waals surface area contributed by atoms with E-state index in [0.717, 1.165) is 23.1 Å². The fourth-order valence-corrected chi connectivity index (χ4v) is 2.58. The van der Waals surface area contributed by atoms with Crippen molar-refractivity contribution in [3.05, 3.63) is 71.7 Å². The molecule has 0 unspecified atom stereocenters. The number of ketones is 1. The second kappa shape index (κ2) is 5.33. The monoisotopic (exact) mass is 264 g/mol. The molecule has 0 radical (unpaired) electrons. The van der Waals surface area contributed by atoms with Crippen LogP contribution in [0.15, 0.2) is 59.2 Å². The van der Waals surface area contributed by atoms with Crippen LogP contribution < -0.4 is 0 Å². The fourth-order valence-electron chi connectivity index (χ4n) is 2.58. The summed E-state index contributed by atoms with van der Waals surface area (Å²) in [6, 6.07) is 16.0. The highest BCUT2D eigenvalue weighted by Gasteiger charge is 2.14. The van der Waals surface area contributed by atoms with Crippen LogP contribution in [0.4, 0.5) is 0 Å². The van der Waals surface area contributed by atoms with Gasteiger partial charge in [0.1, 0.15) is 5.76 Å². The Morgan fingerprint density at radius 1 is 1.05 bits per heavy atom.